The third-order valence-corrected chi connectivity index (χ3v) is 9.74. The number of ether oxygens (including phenoxy) is 12. The lowest BCUT2D eigenvalue weighted by Crippen LogP contribution is -2.25. The third kappa shape index (κ3) is 11.4. The molecule has 2 atom stereocenters. The highest BCUT2D eigenvalue weighted by molar-refractivity contribution is 5.54. The first kappa shape index (κ1) is 43.5. The molecule has 56 heavy (non-hydrogen) atoms. The molecule has 0 saturated carbocycles. The number of hydrogen-bond acceptors (Lipinski definition) is 12. The SMILES string of the molecule is COc1ccc(C[C@@H](CCCOCc2cc(OC)c(OC)c(OC)c2)[C@H](COCc2cc(OC)c(OC)c(OC)c2)Cc2ccc(OC)c(OC)c2)cc1OC. The molecule has 0 fully saturated rings. The zero-order chi connectivity index (χ0) is 40.5. The van der Waals surface area contributed by atoms with E-state index in [0.29, 0.717) is 83.9 Å². The summed E-state index contributed by atoms with van der Waals surface area (Å²) in [7, 11) is 16.2. The molecule has 0 aliphatic heterocycles. The summed E-state index contributed by atoms with van der Waals surface area (Å²) in [6.07, 6.45) is 3.20. The second kappa shape index (κ2) is 22.4. The maximum absolute atomic E-state index is 6.56. The summed E-state index contributed by atoms with van der Waals surface area (Å²) in [5.41, 5.74) is 4.07. The van der Waals surface area contributed by atoms with E-state index in [9.17, 15) is 0 Å². The summed E-state index contributed by atoms with van der Waals surface area (Å²) in [5, 5.41) is 0. The van der Waals surface area contributed by atoms with Crippen molar-refractivity contribution in [3.63, 3.8) is 0 Å². The number of methoxy groups -OCH3 is 10. The minimum atomic E-state index is 0.0957. The molecule has 0 amide bonds. The molecule has 0 spiro atoms. The van der Waals surface area contributed by atoms with Gasteiger partial charge in [-0.25, -0.2) is 0 Å². The molecule has 0 aliphatic carbocycles. The molecule has 0 heterocycles. The molecule has 12 heteroatoms. The molecule has 4 rings (SSSR count). The van der Waals surface area contributed by atoms with Gasteiger partial charge in [0.2, 0.25) is 11.5 Å². The van der Waals surface area contributed by atoms with E-state index in [0.717, 1.165) is 47.9 Å². The van der Waals surface area contributed by atoms with E-state index in [-0.39, 0.29) is 11.8 Å². The fourth-order valence-corrected chi connectivity index (χ4v) is 6.89. The van der Waals surface area contributed by atoms with E-state index < -0.39 is 0 Å². The Kier molecular flexibility index (Phi) is 17.4. The first-order chi connectivity index (χ1) is 27.3. The number of rotatable bonds is 25. The topological polar surface area (TPSA) is 111 Å². The second-order valence-corrected chi connectivity index (χ2v) is 13.1. The first-order valence-corrected chi connectivity index (χ1v) is 18.4. The van der Waals surface area contributed by atoms with E-state index in [1.165, 1.54) is 0 Å². The summed E-state index contributed by atoms with van der Waals surface area (Å²) < 4.78 is 68.5. The standard InChI is InChI=1S/C44H58O12/c1-45-35-15-13-29(20-37(35)47-3)18-33(12-11-17-55-26-31-22-39(49-5)43(53-9)40(23-31)50-6)34(19-30-14-16-36(46-2)38(21-30)48-4)28-56-27-32-24-41(51-7)44(54-10)42(25-32)52-8/h13-16,20-25,33-34H,11-12,17-19,26-28H2,1-10H3/t33-,34+/m1/s1. The summed E-state index contributed by atoms with van der Waals surface area (Å²) in [6, 6.07) is 19.8. The molecule has 4 aromatic carbocycles. The highest BCUT2D eigenvalue weighted by Gasteiger charge is 2.25. The van der Waals surface area contributed by atoms with Crippen LogP contribution in [-0.4, -0.2) is 84.3 Å². The molecule has 0 aromatic heterocycles. The van der Waals surface area contributed by atoms with Gasteiger partial charge in [0.05, 0.1) is 90.9 Å². The molecule has 0 N–H and O–H groups in total. The fraction of sp³-hybridized carbons (Fsp3) is 0.455. The maximum Gasteiger partial charge on any atom is 0.203 e. The van der Waals surface area contributed by atoms with Crippen molar-refractivity contribution in [2.24, 2.45) is 11.8 Å². The lowest BCUT2D eigenvalue weighted by Gasteiger charge is -2.28. The van der Waals surface area contributed by atoms with E-state index >= 15 is 0 Å². The molecular formula is C44H58O12. The number of benzene rings is 4. The normalized spacial score (nSPS) is 12.0. The first-order valence-electron chi connectivity index (χ1n) is 18.4. The van der Waals surface area contributed by atoms with E-state index in [1.54, 1.807) is 71.1 Å². The lowest BCUT2D eigenvalue weighted by atomic mass is 9.80. The Morgan fingerprint density at radius 3 is 1.14 bits per heavy atom. The minimum Gasteiger partial charge on any atom is -0.493 e. The van der Waals surface area contributed by atoms with Gasteiger partial charge in [0.15, 0.2) is 46.0 Å². The minimum absolute atomic E-state index is 0.0957. The highest BCUT2D eigenvalue weighted by Crippen LogP contribution is 2.40. The molecule has 4 aromatic rings. The molecule has 0 saturated heterocycles. The van der Waals surface area contributed by atoms with Gasteiger partial charge in [-0.2, -0.15) is 0 Å². The zero-order valence-corrected chi connectivity index (χ0v) is 34.5. The van der Waals surface area contributed by atoms with Crippen LogP contribution in [0.3, 0.4) is 0 Å². The van der Waals surface area contributed by atoms with Gasteiger partial charge in [0, 0.05) is 6.61 Å². The Bertz CT molecular complexity index is 1760. The van der Waals surface area contributed by atoms with Crippen molar-refractivity contribution in [2.75, 3.05) is 84.3 Å². The quantitative estimate of drug-likeness (QED) is 0.0608. The van der Waals surface area contributed by atoms with Gasteiger partial charge < -0.3 is 56.8 Å². The van der Waals surface area contributed by atoms with Crippen LogP contribution < -0.4 is 47.4 Å². The fourth-order valence-electron chi connectivity index (χ4n) is 6.89. The zero-order valence-electron chi connectivity index (χ0n) is 34.5. The Hall–Kier alpha value is -5.20. The average molecular weight is 779 g/mol. The van der Waals surface area contributed by atoms with Crippen LogP contribution in [0.4, 0.5) is 0 Å². The summed E-state index contributed by atoms with van der Waals surface area (Å²) in [5.74, 6) is 6.42. The monoisotopic (exact) mass is 778 g/mol. The van der Waals surface area contributed by atoms with Crippen LogP contribution in [0.15, 0.2) is 60.7 Å². The van der Waals surface area contributed by atoms with Gasteiger partial charge in [0.1, 0.15) is 0 Å². The van der Waals surface area contributed by atoms with Gasteiger partial charge in [-0.15, -0.1) is 0 Å². The smallest absolute Gasteiger partial charge is 0.203 e. The number of hydrogen-bond donors (Lipinski definition) is 0. The van der Waals surface area contributed by atoms with Crippen molar-refractivity contribution in [3.05, 3.63) is 82.9 Å². The molecule has 0 bridgehead atoms. The van der Waals surface area contributed by atoms with Crippen LogP contribution >= 0.6 is 0 Å². The molecule has 12 nitrogen and oxygen atoms in total. The maximum atomic E-state index is 6.56. The Morgan fingerprint density at radius 1 is 0.375 bits per heavy atom. The average Bonchev–Trinajstić information content (AvgIpc) is 3.24. The van der Waals surface area contributed by atoms with Crippen molar-refractivity contribution in [3.8, 4) is 57.5 Å². The Labute approximate surface area is 331 Å². The van der Waals surface area contributed by atoms with Crippen LogP contribution in [-0.2, 0) is 35.5 Å². The molecular weight excluding hydrogens is 720 g/mol. The molecule has 0 unspecified atom stereocenters. The van der Waals surface area contributed by atoms with E-state index in [1.807, 2.05) is 42.5 Å². The Balaban J connectivity index is 1.61. The lowest BCUT2D eigenvalue weighted by molar-refractivity contribution is 0.0578. The summed E-state index contributed by atoms with van der Waals surface area (Å²) in [6.45, 7) is 1.77. The third-order valence-electron chi connectivity index (χ3n) is 9.74. The Morgan fingerprint density at radius 2 is 0.750 bits per heavy atom. The molecule has 306 valence electrons. The van der Waals surface area contributed by atoms with Crippen molar-refractivity contribution in [2.45, 2.75) is 38.9 Å². The molecule has 0 aliphatic rings. The second-order valence-electron chi connectivity index (χ2n) is 13.1. The van der Waals surface area contributed by atoms with Crippen molar-refractivity contribution >= 4 is 0 Å². The van der Waals surface area contributed by atoms with Crippen LogP contribution in [0.1, 0.15) is 35.1 Å². The predicted molar refractivity (Wildman–Crippen MR) is 214 cm³/mol. The largest absolute Gasteiger partial charge is 0.493 e. The van der Waals surface area contributed by atoms with Crippen LogP contribution in [0.2, 0.25) is 0 Å². The van der Waals surface area contributed by atoms with Crippen LogP contribution in [0, 0.1) is 11.8 Å². The van der Waals surface area contributed by atoms with Crippen LogP contribution in [0.5, 0.6) is 57.5 Å². The van der Waals surface area contributed by atoms with Gasteiger partial charge >= 0.3 is 0 Å². The van der Waals surface area contributed by atoms with Gasteiger partial charge in [0.25, 0.3) is 0 Å². The van der Waals surface area contributed by atoms with Crippen molar-refractivity contribution < 1.29 is 56.8 Å². The summed E-state index contributed by atoms with van der Waals surface area (Å²) in [4.78, 5) is 0. The van der Waals surface area contributed by atoms with Crippen LogP contribution in [0.25, 0.3) is 0 Å². The molecule has 0 radical (unpaired) electrons. The summed E-state index contributed by atoms with van der Waals surface area (Å²) >= 11 is 0. The van der Waals surface area contributed by atoms with Crippen molar-refractivity contribution in [1.29, 1.82) is 0 Å². The van der Waals surface area contributed by atoms with Gasteiger partial charge in [-0.1, -0.05) is 12.1 Å². The van der Waals surface area contributed by atoms with Gasteiger partial charge in [-0.3, -0.25) is 0 Å². The van der Waals surface area contributed by atoms with E-state index in [2.05, 4.69) is 18.2 Å². The van der Waals surface area contributed by atoms with E-state index in [4.69, 9.17) is 56.8 Å². The van der Waals surface area contributed by atoms with Gasteiger partial charge in [-0.05, 0) is 108 Å². The van der Waals surface area contributed by atoms with Crippen molar-refractivity contribution in [1.82, 2.24) is 0 Å². The predicted octanol–water partition coefficient (Wildman–Crippen LogP) is 8.00. The highest BCUT2D eigenvalue weighted by atomic mass is 16.5.